The van der Waals surface area contributed by atoms with Gasteiger partial charge in [-0.25, -0.2) is 0 Å². The van der Waals surface area contributed by atoms with E-state index in [4.69, 9.17) is 39.5 Å². The molecule has 0 bridgehead atoms. The van der Waals surface area contributed by atoms with Gasteiger partial charge in [-0.2, -0.15) is 0 Å². The molecule has 164 valence electrons. The summed E-state index contributed by atoms with van der Waals surface area (Å²) in [5.74, 6) is -0.0636. The van der Waals surface area contributed by atoms with Gasteiger partial charge in [0, 0.05) is 40.1 Å². The van der Waals surface area contributed by atoms with E-state index in [-0.39, 0.29) is 11.8 Å². The molecule has 4 nitrogen and oxygen atoms in total. The topological polar surface area (TPSA) is 54.1 Å². The fraction of sp³-hybridized carbons (Fsp3) is 0.160. The number of fused-ring (bicyclic) bond motifs is 1. The molecule has 1 heterocycles. The van der Waals surface area contributed by atoms with E-state index in [2.05, 4.69) is 16.4 Å². The number of halogens is 3. The first kappa shape index (κ1) is 22.5. The zero-order chi connectivity index (χ0) is 22.7. The van der Waals surface area contributed by atoms with Crippen LogP contribution in [0.15, 0.2) is 66.9 Å². The van der Waals surface area contributed by atoms with Gasteiger partial charge < -0.3 is 15.0 Å². The fourth-order valence-corrected chi connectivity index (χ4v) is 4.66. The number of carbonyl (C=O) groups excluding carboxylic acids is 1. The molecule has 0 aliphatic carbocycles. The second-order valence-electron chi connectivity index (χ2n) is 7.28. The normalized spacial score (nSPS) is 12.0. The molecule has 1 amide bonds. The van der Waals surface area contributed by atoms with E-state index < -0.39 is 0 Å². The minimum Gasteiger partial charge on any atom is -0.491 e. The summed E-state index contributed by atoms with van der Waals surface area (Å²) in [7, 11) is 0. The molecule has 0 radical (unpaired) electrons. The lowest BCUT2D eigenvalue weighted by atomic mass is 9.90. The zero-order valence-corrected chi connectivity index (χ0v) is 19.6. The Bertz CT molecular complexity index is 1250. The number of aromatic nitrogens is 1. The van der Waals surface area contributed by atoms with E-state index in [1.807, 2.05) is 55.6 Å². The molecule has 0 aliphatic rings. The third-order valence-corrected chi connectivity index (χ3v) is 6.20. The Labute approximate surface area is 201 Å². The van der Waals surface area contributed by atoms with Gasteiger partial charge in [-0.15, -0.1) is 0 Å². The molecule has 0 aliphatic heterocycles. The van der Waals surface area contributed by atoms with Crippen LogP contribution in [0, 0.1) is 0 Å². The van der Waals surface area contributed by atoms with Crippen LogP contribution in [-0.4, -0.2) is 24.0 Å². The molecule has 2 N–H and O–H groups in total. The largest absolute Gasteiger partial charge is 0.491 e. The minimum absolute atomic E-state index is 0.155. The average Bonchev–Trinajstić information content (AvgIpc) is 3.21. The van der Waals surface area contributed by atoms with Crippen molar-refractivity contribution < 1.29 is 9.53 Å². The van der Waals surface area contributed by atoms with E-state index in [0.29, 0.717) is 39.5 Å². The quantitative estimate of drug-likeness (QED) is 0.292. The molecular weight excluding hydrogens is 467 g/mol. The molecule has 4 rings (SSSR count). The summed E-state index contributed by atoms with van der Waals surface area (Å²) in [4.78, 5) is 16.3. The van der Waals surface area contributed by atoms with Crippen molar-refractivity contribution in [3.05, 3.63) is 98.6 Å². The number of amides is 1. The standard InChI is InChI=1S/C25H21Cl3N2O2/c1-2-32-24-21(27)11-15(12-22(24)28)25(31)30-14-18(16-7-3-5-9-20(16)26)19-13-29-23-10-6-4-8-17(19)23/h3-13,18,29H,2,14H2,1H3,(H,30,31). The predicted molar refractivity (Wildman–Crippen MR) is 132 cm³/mol. The highest BCUT2D eigenvalue weighted by Crippen LogP contribution is 2.36. The third kappa shape index (κ3) is 4.58. The van der Waals surface area contributed by atoms with Crippen molar-refractivity contribution in [2.45, 2.75) is 12.8 Å². The molecule has 4 aromatic rings. The van der Waals surface area contributed by atoms with Gasteiger partial charge in [-0.1, -0.05) is 71.2 Å². The summed E-state index contributed by atoms with van der Waals surface area (Å²) < 4.78 is 5.45. The first-order valence-corrected chi connectivity index (χ1v) is 11.3. The van der Waals surface area contributed by atoms with E-state index in [0.717, 1.165) is 22.0 Å². The van der Waals surface area contributed by atoms with Crippen molar-refractivity contribution in [1.29, 1.82) is 0 Å². The highest BCUT2D eigenvalue weighted by molar-refractivity contribution is 6.37. The van der Waals surface area contributed by atoms with Crippen molar-refractivity contribution in [2.75, 3.05) is 13.2 Å². The fourth-order valence-electron chi connectivity index (χ4n) is 3.80. The van der Waals surface area contributed by atoms with Crippen LogP contribution in [0.2, 0.25) is 15.1 Å². The highest BCUT2D eigenvalue weighted by Gasteiger charge is 2.22. The number of benzene rings is 3. The number of ether oxygens (including phenoxy) is 1. The SMILES string of the molecule is CCOc1c(Cl)cc(C(=O)NCC(c2ccccc2Cl)c2c[nH]c3ccccc23)cc1Cl. The molecule has 32 heavy (non-hydrogen) atoms. The predicted octanol–water partition coefficient (Wildman–Crippen LogP) is 7.09. The third-order valence-electron chi connectivity index (χ3n) is 5.29. The molecule has 1 aromatic heterocycles. The van der Waals surface area contributed by atoms with Gasteiger partial charge in [0.2, 0.25) is 0 Å². The van der Waals surface area contributed by atoms with Gasteiger partial charge in [0.05, 0.1) is 16.7 Å². The number of hydrogen-bond acceptors (Lipinski definition) is 2. The summed E-state index contributed by atoms with van der Waals surface area (Å²) >= 11 is 19.1. The van der Waals surface area contributed by atoms with Crippen LogP contribution in [0.25, 0.3) is 10.9 Å². The Morgan fingerprint density at radius 2 is 1.66 bits per heavy atom. The Kier molecular flexibility index (Phi) is 6.95. The number of para-hydroxylation sites is 1. The lowest BCUT2D eigenvalue weighted by Crippen LogP contribution is -2.29. The van der Waals surface area contributed by atoms with Crippen LogP contribution >= 0.6 is 34.8 Å². The van der Waals surface area contributed by atoms with Crippen LogP contribution < -0.4 is 10.1 Å². The van der Waals surface area contributed by atoms with Crippen LogP contribution in [0.5, 0.6) is 5.75 Å². The van der Waals surface area contributed by atoms with Gasteiger partial charge in [0.1, 0.15) is 0 Å². The number of H-pyrrole nitrogens is 1. The van der Waals surface area contributed by atoms with E-state index >= 15 is 0 Å². The van der Waals surface area contributed by atoms with Crippen LogP contribution in [0.1, 0.15) is 34.3 Å². The van der Waals surface area contributed by atoms with Crippen LogP contribution in [0.4, 0.5) is 0 Å². The monoisotopic (exact) mass is 486 g/mol. The maximum absolute atomic E-state index is 13.0. The minimum atomic E-state index is -0.284. The molecule has 7 heteroatoms. The van der Waals surface area contributed by atoms with E-state index in [9.17, 15) is 4.79 Å². The molecule has 0 spiro atoms. The summed E-state index contributed by atoms with van der Waals surface area (Å²) in [6.07, 6.45) is 1.97. The maximum Gasteiger partial charge on any atom is 0.251 e. The second-order valence-corrected chi connectivity index (χ2v) is 8.50. The Hall–Kier alpha value is -2.66. The molecule has 0 saturated carbocycles. The summed E-state index contributed by atoms with van der Waals surface area (Å²) in [5, 5.41) is 5.33. The first-order chi connectivity index (χ1) is 15.5. The van der Waals surface area contributed by atoms with Gasteiger partial charge >= 0.3 is 0 Å². The van der Waals surface area contributed by atoms with Crippen molar-refractivity contribution in [1.82, 2.24) is 10.3 Å². The Morgan fingerprint density at radius 1 is 0.969 bits per heavy atom. The van der Waals surface area contributed by atoms with Crippen LogP contribution in [-0.2, 0) is 0 Å². The van der Waals surface area contributed by atoms with E-state index in [1.54, 1.807) is 12.1 Å². The molecule has 0 saturated heterocycles. The lowest BCUT2D eigenvalue weighted by molar-refractivity contribution is 0.0952. The lowest BCUT2D eigenvalue weighted by Gasteiger charge is -2.20. The average molecular weight is 488 g/mol. The van der Waals surface area contributed by atoms with Gasteiger partial charge in [0.25, 0.3) is 5.91 Å². The number of nitrogens with one attached hydrogen (secondary N) is 2. The van der Waals surface area contributed by atoms with Gasteiger partial charge in [-0.3, -0.25) is 4.79 Å². The van der Waals surface area contributed by atoms with Crippen molar-refractivity contribution in [3.8, 4) is 5.75 Å². The molecule has 3 aromatic carbocycles. The first-order valence-electron chi connectivity index (χ1n) is 10.2. The van der Waals surface area contributed by atoms with Crippen molar-refractivity contribution in [3.63, 3.8) is 0 Å². The molecular formula is C25H21Cl3N2O2. The number of hydrogen-bond donors (Lipinski definition) is 2. The smallest absolute Gasteiger partial charge is 0.251 e. The summed E-state index contributed by atoms with van der Waals surface area (Å²) in [5.41, 5.74) is 3.37. The summed E-state index contributed by atoms with van der Waals surface area (Å²) in [6.45, 7) is 2.61. The van der Waals surface area contributed by atoms with Gasteiger partial charge in [-0.05, 0) is 42.3 Å². The Morgan fingerprint density at radius 3 is 2.38 bits per heavy atom. The molecule has 1 unspecified atom stereocenters. The number of carbonyl (C=O) groups is 1. The van der Waals surface area contributed by atoms with E-state index in [1.165, 1.54) is 0 Å². The van der Waals surface area contributed by atoms with Crippen LogP contribution in [0.3, 0.4) is 0 Å². The summed E-state index contributed by atoms with van der Waals surface area (Å²) in [6, 6.07) is 18.8. The molecule has 0 fully saturated rings. The van der Waals surface area contributed by atoms with Crippen molar-refractivity contribution >= 4 is 51.6 Å². The van der Waals surface area contributed by atoms with Gasteiger partial charge in [0.15, 0.2) is 5.75 Å². The zero-order valence-electron chi connectivity index (χ0n) is 17.3. The number of aromatic amines is 1. The number of rotatable bonds is 7. The second kappa shape index (κ2) is 9.86. The molecule has 1 atom stereocenters. The highest BCUT2D eigenvalue weighted by atomic mass is 35.5. The Balaban J connectivity index is 1.64. The maximum atomic E-state index is 13.0. The van der Waals surface area contributed by atoms with Crippen molar-refractivity contribution in [2.24, 2.45) is 0 Å².